The van der Waals surface area contributed by atoms with Crippen molar-refractivity contribution in [3.05, 3.63) is 58.3 Å². The van der Waals surface area contributed by atoms with Gasteiger partial charge in [-0.25, -0.2) is 15.1 Å². The first-order valence-corrected chi connectivity index (χ1v) is 10.8. The summed E-state index contributed by atoms with van der Waals surface area (Å²) in [6.07, 6.45) is -2.61. The Kier molecular flexibility index (Phi) is 6.77. The van der Waals surface area contributed by atoms with E-state index in [4.69, 9.17) is 0 Å². The van der Waals surface area contributed by atoms with Gasteiger partial charge in [0, 0.05) is 63.5 Å². The van der Waals surface area contributed by atoms with E-state index in [0.717, 1.165) is 23.5 Å². The number of alkyl halides is 3. The molecular weight excluding hydrogens is 451 g/mol. The number of hydrogen-bond acceptors (Lipinski definition) is 7. The molecule has 180 valence electrons. The van der Waals surface area contributed by atoms with Crippen molar-refractivity contribution in [3.8, 4) is 0 Å². The molecule has 1 aliphatic heterocycles. The van der Waals surface area contributed by atoms with Gasteiger partial charge in [0.1, 0.15) is 0 Å². The summed E-state index contributed by atoms with van der Waals surface area (Å²) in [6, 6.07) is 7.25. The smallest absolute Gasteiger partial charge is 0.339 e. The van der Waals surface area contributed by atoms with Crippen LogP contribution in [0.15, 0.2) is 41.5 Å². The first kappa shape index (κ1) is 23.6. The molecule has 4 rings (SSSR count). The lowest BCUT2D eigenvalue weighted by atomic mass is 10.1. The maximum Gasteiger partial charge on any atom is 0.419 e. The van der Waals surface area contributed by atoms with Gasteiger partial charge >= 0.3 is 6.18 Å². The molecule has 1 fully saturated rings. The van der Waals surface area contributed by atoms with E-state index in [-0.39, 0.29) is 17.4 Å². The van der Waals surface area contributed by atoms with E-state index in [1.165, 1.54) is 0 Å². The first-order valence-electron chi connectivity index (χ1n) is 10.8. The number of anilines is 1. The third-order valence-electron chi connectivity index (χ3n) is 5.78. The minimum atomic E-state index is -4.47. The Labute approximate surface area is 193 Å². The Bertz CT molecular complexity index is 1210. The van der Waals surface area contributed by atoms with Crippen LogP contribution >= 0.6 is 0 Å². The molecule has 1 amide bonds. The van der Waals surface area contributed by atoms with Crippen LogP contribution in [0.5, 0.6) is 0 Å². The number of benzene rings is 1. The number of rotatable bonds is 6. The van der Waals surface area contributed by atoms with Crippen LogP contribution in [0.25, 0.3) is 10.8 Å². The van der Waals surface area contributed by atoms with Crippen LogP contribution in [-0.2, 0) is 17.5 Å². The number of piperazine rings is 1. The first-order chi connectivity index (χ1) is 16.2. The average molecular weight is 475 g/mol. The number of H-pyrrole nitrogens is 1. The number of nitrogens with one attached hydrogen (secondary N) is 1. The van der Waals surface area contributed by atoms with Crippen LogP contribution in [-0.4, -0.2) is 75.6 Å². The van der Waals surface area contributed by atoms with Crippen molar-refractivity contribution >= 4 is 22.6 Å². The van der Waals surface area contributed by atoms with Crippen LogP contribution in [0.4, 0.5) is 19.1 Å². The summed E-state index contributed by atoms with van der Waals surface area (Å²) in [7, 11) is 1.88. The van der Waals surface area contributed by atoms with E-state index < -0.39 is 11.7 Å². The number of amides is 1. The van der Waals surface area contributed by atoms with E-state index in [1.807, 2.05) is 24.1 Å². The van der Waals surface area contributed by atoms with Crippen molar-refractivity contribution in [2.24, 2.45) is 0 Å². The fraction of sp³-hybridized carbons (Fsp3) is 0.409. The highest BCUT2D eigenvalue weighted by molar-refractivity contribution is 5.83. The lowest BCUT2D eigenvalue weighted by Crippen LogP contribution is -2.49. The third kappa shape index (κ3) is 5.33. The lowest BCUT2D eigenvalue weighted by Gasteiger charge is -2.35. The largest absolute Gasteiger partial charge is 0.419 e. The molecule has 9 nitrogen and oxygen atoms in total. The van der Waals surface area contributed by atoms with Crippen molar-refractivity contribution < 1.29 is 18.0 Å². The molecule has 0 saturated carbocycles. The second-order valence-corrected chi connectivity index (χ2v) is 8.17. The number of nitrogens with zero attached hydrogens (tertiary/aromatic N) is 6. The van der Waals surface area contributed by atoms with Gasteiger partial charge in [0.25, 0.3) is 5.56 Å². The highest BCUT2D eigenvalue weighted by Crippen LogP contribution is 2.28. The van der Waals surface area contributed by atoms with Gasteiger partial charge in [-0.05, 0) is 13.1 Å². The van der Waals surface area contributed by atoms with Gasteiger partial charge in [0.2, 0.25) is 11.9 Å². The van der Waals surface area contributed by atoms with Crippen LogP contribution in [0.2, 0.25) is 0 Å². The zero-order chi connectivity index (χ0) is 24.3. The fourth-order valence-electron chi connectivity index (χ4n) is 3.86. The average Bonchev–Trinajstić information content (AvgIpc) is 2.84. The maximum atomic E-state index is 12.7. The number of hydrogen-bond donors (Lipinski definition) is 1. The van der Waals surface area contributed by atoms with Crippen molar-refractivity contribution in [2.45, 2.75) is 19.1 Å². The predicted molar refractivity (Wildman–Crippen MR) is 119 cm³/mol. The maximum absolute atomic E-state index is 12.7. The number of halogens is 3. The summed E-state index contributed by atoms with van der Waals surface area (Å²) in [5.41, 5.74) is -0.396. The Morgan fingerprint density at radius 3 is 2.38 bits per heavy atom. The molecule has 3 aromatic rings. The van der Waals surface area contributed by atoms with Crippen LogP contribution in [0.3, 0.4) is 0 Å². The predicted octanol–water partition coefficient (Wildman–Crippen LogP) is 1.90. The van der Waals surface area contributed by atoms with Gasteiger partial charge in [-0.1, -0.05) is 18.2 Å². The number of carbonyl (C=O) groups excluding carboxylic acids is 1. The fourth-order valence-corrected chi connectivity index (χ4v) is 3.86. The molecule has 12 heteroatoms. The highest BCUT2D eigenvalue weighted by Gasteiger charge is 2.32. The Morgan fingerprint density at radius 1 is 1.09 bits per heavy atom. The molecule has 0 bridgehead atoms. The summed E-state index contributed by atoms with van der Waals surface area (Å²) < 4.78 is 38.0. The monoisotopic (exact) mass is 475 g/mol. The van der Waals surface area contributed by atoms with E-state index in [9.17, 15) is 22.8 Å². The molecule has 0 aliphatic carbocycles. The molecule has 0 atom stereocenters. The summed E-state index contributed by atoms with van der Waals surface area (Å²) in [4.78, 5) is 37.7. The molecule has 1 aromatic carbocycles. The molecule has 0 radical (unpaired) electrons. The number of carbonyl (C=O) groups is 1. The lowest BCUT2D eigenvalue weighted by molar-refractivity contribution is -0.138. The van der Waals surface area contributed by atoms with E-state index in [1.54, 1.807) is 21.9 Å². The SMILES string of the molecule is CN(CCC(=O)N1CCN(c2ncc(C(F)(F)F)cn2)CC1)Cc1n[nH]c(=O)c2ccccc12. The second kappa shape index (κ2) is 9.75. The summed E-state index contributed by atoms with van der Waals surface area (Å²) in [5.74, 6) is 0.222. The summed E-state index contributed by atoms with van der Waals surface area (Å²) in [5, 5.41) is 8.04. The van der Waals surface area contributed by atoms with Crippen molar-refractivity contribution in [2.75, 3.05) is 44.7 Å². The molecule has 1 aliphatic rings. The standard InChI is InChI=1S/C22H24F3N7O2/c1-30(14-18-16-4-2-3-5-17(16)20(34)29-28-18)7-6-19(33)31-8-10-32(11-9-31)21-26-12-15(13-27-21)22(23,24)25/h2-5,12-13H,6-11,14H2,1H3,(H,29,34). The van der Waals surface area contributed by atoms with Gasteiger partial charge in [-0.2, -0.15) is 18.3 Å². The molecular formula is C22H24F3N7O2. The zero-order valence-electron chi connectivity index (χ0n) is 18.5. The van der Waals surface area contributed by atoms with E-state index in [2.05, 4.69) is 20.2 Å². The number of aromatic nitrogens is 4. The van der Waals surface area contributed by atoms with Crippen molar-refractivity contribution in [1.82, 2.24) is 30.0 Å². The minimum Gasteiger partial charge on any atom is -0.339 e. The Morgan fingerprint density at radius 2 is 1.74 bits per heavy atom. The van der Waals surface area contributed by atoms with Crippen LogP contribution < -0.4 is 10.5 Å². The topological polar surface area (TPSA) is 98.3 Å². The minimum absolute atomic E-state index is 0.000812. The quantitative estimate of drug-likeness (QED) is 0.582. The summed E-state index contributed by atoms with van der Waals surface area (Å²) >= 11 is 0. The highest BCUT2D eigenvalue weighted by atomic mass is 19.4. The van der Waals surface area contributed by atoms with Crippen molar-refractivity contribution in [3.63, 3.8) is 0 Å². The second-order valence-electron chi connectivity index (χ2n) is 8.17. The molecule has 0 spiro atoms. The molecule has 3 heterocycles. The summed E-state index contributed by atoms with van der Waals surface area (Å²) in [6.45, 7) is 2.76. The Balaban J connectivity index is 1.27. The van der Waals surface area contributed by atoms with Gasteiger partial charge in [0.05, 0.1) is 16.6 Å². The zero-order valence-corrected chi connectivity index (χ0v) is 18.5. The third-order valence-corrected chi connectivity index (χ3v) is 5.78. The number of aromatic amines is 1. The van der Waals surface area contributed by atoms with Gasteiger partial charge in [0.15, 0.2) is 0 Å². The van der Waals surface area contributed by atoms with Crippen LogP contribution in [0.1, 0.15) is 17.7 Å². The number of fused-ring (bicyclic) bond motifs is 1. The molecule has 1 N–H and O–H groups in total. The molecule has 0 unspecified atom stereocenters. The Hall–Kier alpha value is -3.54. The van der Waals surface area contributed by atoms with Crippen molar-refractivity contribution in [1.29, 1.82) is 0 Å². The molecule has 34 heavy (non-hydrogen) atoms. The molecule has 1 saturated heterocycles. The van der Waals surface area contributed by atoms with Gasteiger partial charge in [-0.15, -0.1) is 0 Å². The van der Waals surface area contributed by atoms with Gasteiger partial charge < -0.3 is 9.80 Å². The van der Waals surface area contributed by atoms with Crippen LogP contribution in [0, 0.1) is 0 Å². The van der Waals surface area contributed by atoms with E-state index in [0.29, 0.717) is 51.1 Å². The normalized spacial score (nSPS) is 14.7. The van der Waals surface area contributed by atoms with E-state index >= 15 is 0 Å². The molecule has 2 aromatic heterocycles. The van der Waals surface area contributed by atoms with Gasteiger partial charge in [-0.3, -0.25) is 14.5 Å².